The van der Waals surface area contributed by atoms with Gasteiger partial charge in [-0.2, -0.15) is 0 Å². The molecular formula is C14H15BrClNOS. The number of hydrogen-bond acceptors (Lipinski definition) is 3. The van der Waals surface area contributed by atoms with Gasteiger partial charge in [-0.1, -0.05) is 17.7 Å². The van der Waals surface area contributed by atoms with Crippen LogP contribution < -0.4 is 10.1 Å². The molecule has 0 aliphatic heterocycles. The summed E-state index contributed by atoms with van der Waals surface area (Å²) in [6, 6.07) is 9.91. The minimum Gasteiger partial charge on any atom is -0.492 e. The standard InChI is InChI=1S/C14H15BrClNOS/c1-17-12(7-14-5-10(15)9-19-14)8-18-13-4-2-3-11(16)6-13/h2-6,9,12,17H,7-8H2,1H3. The molecule has 0 aliphatic carbocycles. The molecule has 0 saturated carbocycles. The highest BCUT2D eigenvalue weighted by molar-refractivity contribution is 9.10. The molecule has 2 rings (SSSR count). The Hall–Kier alpha value is -0.550. The molecule has 0 saturated heterocycles. The van der Waals surface area contributed by atoms with Crippen LogP contribution in [0, 0.1) is 0 Å². The molecule has 0 spiro atoms. The van der Waals surface area contributed by atoms with Gasteiger partial charge in [0.25, 0.3) is 0 Å². The van der Waals surface area contributed by atoms with Crippen molar-refractivity contribution in [3.8, 4) is 5.75 Å². The molecule has 19 heavy (non-hydrogen) atoms. The zero-order valence-electron chi connectivity index (χ0n) is 10.5. The largest absolute Gasteiger partial charge is 0.492 e. The van der Waals surface area contributed by atoms with Gasteiger partial charge in [0.05, 0.1) is 0 Å². The van der Waals surface area contributed by atoms with Crippen LogP contribution in [0.3, 0.4) is 0 Å². The van der Waals surface area contributed by atoms with Gasteiger partial charge in [0, 0.05) is 32.2 Å². The van der Waals surface area contributed by atoms with Gasteiger partial charge in [-0.05, 0) is 47.2 Å². The Morgan fingerprint density at radius 3 is 2.89 bits per heavy atom. The van der Waals surface area contributed by atoms with Gasteiger partial charge < -0.3 is 10.1 Å². The first kappa shape index (κ1) is 14.9. The van der Waals surface area contributed by atoms with Crippen LogP contribution in [-0.4, -0.2) is 19.7 Å². The Labute approximate surface area is 130 Å². The van der Waals surface area contributed by atoms with Crippen molar-refractivity contribution in [1.29, 1.82) is 0 Å². The van der Waals surface area contributed by atoms with Crippen molar-refractivity contribution < 1.29 is 4.74 Å². The SMILES string of the molecule is CNC(COc1cccc(Cl)c1)Cc1cc(Br)cs1. The minimum absolute atomic E-state index is 0.282. The maximum atomic E-state index is 5.93. The lowest BCUT2D eigenvalue weighted by Crippen LogP contribution is -2.33. The summed E-state index contributed by atoms with van der Waals surface area (Å²) in [6.45, 7) is 0.617. The summed E-state index contributed by atoms with van der Waals surface area (Å²) < 4.78 is 6.90. The van der Waals surface area contributed by atoms with Crippen molar-refractivity contribution in [2.24, 2.45) is 0 Å². The van der Waals surface area contributed by atoms with E-state index in [4.69, 9.17) is 16.3 Å². The molecule has 2 aromatic rings. The molecule has 102 valence electrons. The third kappa shape index (κ3) is 4.80. The lowest BCUT2D eigenvalue weighted by atomic mass is 10.2. The number of rotatable bonds is 6. The van der Waals surface area contributed by atoms with E-state index in [0.29, 0.717) is 11.6 Å². The molecule has 1 atom stereocenters. The topological polar surface area (TPSA) is 21.3 Å². The van der Waals surface area contributed by atoms with Crippen molar-refractivity contribution in [3.05, 3.63) is 50.1 Å². The summed E-state index contributed by atoms with van der Waals surface area (Å²) in [4.78, 5) is 1.33. The molecule has 1 unspecified atom stereocenters. The maximum absolute atomic E-state index is 5.93. The fraction of sp³-hybridized carbons (Fsp3) is 0.286. The summed E-state index contributed by atoms with van der Waals surface area (Å²) in [5.41, 5.74) is 0. The van der Waals surface area contributed by atoms with E-state index in [0.717, 1.165) is 16.6 Å². The molecule has 1 N–H and O–H groups in total. The van der Waals surface area contributed by atoms with Crippen molar-refractivity contribution in [1.82, 2.24) is 5.32 Å². The van der Waals surface area contributed by atoms with Gasteiger partial charge in [0.2, 0.25) is 0 Å². The van der Waals surface area contributed by atoms with Gasteiger partial charge >= 0.3 is 0 Å². The van der Waals surface area contributed by atoms with Crippen LogP contribution in [0.1, 0.15) is 4.88 Å². The molecule has 2 nitrogen and oxygen atoms in total. The van der Waals surface area contributed by atoms with Crippen LogP contribution in [0.25, 0.3) is 0 Å². The van der Waals surface area contributed by atoms with E-state index in [9.17, 15) is 0 Å². The molecule has 0 radical (unpaired) electrons. The summed E-state index contributed by atoms with van der Waals surface area (Å²) >= 11 is 11.2. The Balaban J connectivity index is 1.89. The fourth-order valence-corrected chi connectivity index (χ4v) is 3.41. The second kappa shape index (κ2) is 7.29. The smallest absolute Gasteiger partial charge is 0.120 e. The van der Waals surface area contributed by atoms with Gasteiger partial charge in [0.15, 0.2) is 0 Å². The lowest BCUT2D eigenvalue weighted by molar-refractivity contribution is 0.270. The van der Waals surface area contributed by atoms with E-state index in [-0.39, 0.29) is 6.04 Å². The third-order valence-electron chi connectivity index (χ3n) is 2.72. The number of hydrogen-bond donors (Lipinski definition) is 1. The number of nitrogens with one attached hydrogen (secondary N) is 1. The first-order chi connectivity index (χ1) is 9.17. The first-order valence-electron chi connectivity index (χ1n) is 5.96. The Morgan fingerprint density at radius 1 is 1.42 bits per heavy atom. The lowest BCUT2D eigenvalue weighted by Gasteiger charge is -2.16. The number of halogens is 2. The second-order valence-corrected chi connectivity index (χ2v) is 6.54. The van der Waals surface area contributed by atoms with E-state index in [1.807, 2.05) is 31.3 Å². The number of ether oxygens (including phenoxy) is 1. The minimum atomic E-state index is 0.282. The molecule has 0 amide bonds. The molecule has 0 aliphatic rings. The van der Waals surface area contributed by atoms with Crippen molar-refractivity contribution in [3.63, 3.8) is 0 Å². The molecule has 0 bridgehead atoms. The van der Waals surface area contributed by atoms with Crippen LogP contribution in [-0.2, 0) is 6.42 Å². The van der Waals surface area contributed by atoms with E-state index in [1.165, 1.54) is 4.88 Å². The van der Waals surface area contributed by atoms with Crippen molar-refractivity contribution in [2.45, 2.75) is 12.5 Å². The average molecular weight is 361 g/mol. The number of benzene rings is 1. The summed E-state index contributed by atoms with van der Waals surface area (Å²) in [5.74, 6) is 0.806. The van der Waals surface area contributed by atoms with Crippen molar-refractivity contribution in [2.75, 3.05) is 13.7 Å². The molecular weight excluding hydrogens is 346 g/mol. The summed E-state index contributed by atoms with van der Waals surface area (Å²) in [5, 5.41) is 6.07. The van der Waals surface area contributed by atoms with Gasteiger partial charge in [-0.25, -0.2) is 0 Å². The second-order valence-electron chi connectivity index (χ2n) is 4.19. The van der Waals surface area contributed by atoms with Crippen molar-refractivity contribution >= 4 is 38.9 Å². The third-order valence-corrected chi connectivity index (χ3v) is 4.68. The number of likely N-dealkylation sites (N-methyl/N-ethyl adjacent to an activating group) is 1. The van der Waals surface area contributed by atoms with E-state index >= 15 is 0 Å². The zero-order chi connectivity index (χ0) is 13.7. The van der Waals surface area contributed by atoms with Crippen LogP contribution in [0.4, 0.5) is 0 Å². The molecule has 5 heteroatoms. The summed E-state index contributed by atoms with van der Waals surface area (Å²) in [7, 11) is 1.95. The Kier molecular flexibility index (Phi) is 5.70. The van der Waals surface area contributed by atoms with Crippen LogP contribution in [0.2, 0.25) is 5.02 Å². The van der Waals surface area contributed by atoms with E-state index in [1.54, 1.807) is 11.3 Å². The van der Waals surface area contributed by atoms with Crippen LogP contribution >= 0.6 is 38.9 Å². The normalized spacial score (nSPS) is 12.4. The van der Waals surface area contributed by atoms with Crippen LogP contribution in [0.5, 0.6) is 5.75 Å². The first-order valence-corrected chi connectivity index (χ1v) is 8.01. The van der Waals surface area contributed by atoms with E-state index < -0.39 is 0 Å². The predicted molar refractivity (Wildman–Crippen MR) is 85.5 cm³/mol. The highest BCUT2D eigenvalue weighted by atomic mass is 79.9. The zero-order valence-corrected chi connectivity index (χ0v) is 13.7. The maximum Gasteiger partial charge on any atom is 0.120 e. The Bertz CT molecular complexity index is 532. The molecule has 1 aromatic heterocycles. The molecule has 1 aromatic carbocycles. The van der Waals surface area contributed by atoms with E-state index in [2.05, 4.69) is 32.7 Å². The molecule has 1 heterocycles. The highest BCUT2D eigenvalue weighted by Crippen LogP contribution is 2.21. The van der Waals surface area contributed by atoms with Gasteiger partial charge in [0.1, 0.15) is 12.4 Å². The van der Waals surface area contributed by atoms with Gasteiger partial charge in [-0.3, -0.25) is 0 Å². The number of thiophene rings is 1. The van der Waals surface area contributed by atoms with Gasteiger partial charge in [-0.15, -0.1) is 11.3 Å². The quantitative estimate of drug-likeness (QED) is 0.825. The molecule has 0 fully saturated rings. The Morgan fingerprint density at radius 2 is 2.26 bits per heavy atom. The monoisotopic (exact) mass is 359 g/mol. The summed E-state index contributed by atoms with van der Waals surface area (Å²) in [6.07, 6.45) is 0.952. The highest BCUT2D eigenvalue weighted by Gasteiger charge is 2.10. The average Bonchev–Trinajstić information content (AvgIpc) is 2.80. The van der Waals surface area contributed by atoms with Crippen LogP contribution in [0.15, 0.2) is 40.2 Å². The fourth-order valence-electron chi connectivity index (χ4n) is 1.70. The predicted octanol–water partition coefficient (Wildman–Crippen LogP) is 4.37.